The minimum Gasteiger partial charge on any atom is -0.394 e. The second kappa shape index (κ2) is 6.56. The first kappa shape index (κ1) is 9.44. The van der Waals surface area contributed by atoms with Gasteiger partial charge in [0.05, 0.1) is 12.7 Å². The van der Waals surface area contributed by atoms with Crippen molar-refractivity contribution in [3.05, 3.63) is 0 Å². The molecule has 0 heterocycles. The molecule has 2 N–H and O–H groups in total. The maximum absolute atomic E-state index is 8.76. The zero-order chi connectivity index (χ0) is 7.82. The summed E-state index contributed by atoms with van der Waals surface area (Å²) in [6.07, 6.45) is -0.413. The van der Waals surface area contributed by atoms with Gasteiger partial charge < -0.3 is 14.9 Å². The summed E-state index contributed by atoms with van der Waals surface area (Å²) < 4.78 is 4.64. The molecule has 1 unspecified atom stereocenters. The van der Waals surface area contributed by atoms with Gasteiger partial charge in [-0.25, -0.2) is 0 Å². The van der Waals surface area contributed by atoms with E-state index in [1.165, 1.54) is 0 Å². The van der Waals surface area contributed by atoms with Gasteiger partial charge in [-0.3, -0.25) is 0 Å². The van der Waals surface area contributed by atoms with E-state index >= 15 is 0 Å². The Hall–Kier alpha value is -0.560. The van der Waals surface area contributed by atoms with Crippen LogP contribution in [0, 0.1) is 11.8 Å². The Balaban J connectivity index is 3.26. The third-order valence-electron chi connectivity index (χ3n) is 0.890. The lowest BCUT2D eigenvalue weighted by molar-refractivity contribution is 0.0992. The van der Waals surface area contributed by atoms with E-state index in [9.17, 15) is 0 Å². The molecule has 10 heavy (non-hydrogen) atoms. The molecule has 3 heteroatoms. The van der Waals surface area contributed by atoms with Crippen molar-refractivity contribution in [1.29, 1.82) is 0 Å². The van der Waals surface area contributed by atoms with Crippen molar-refractivity contribution in [2.75, 3.05) is 20.3 Å². The quantitative estimate of drug-likeness (QED) is 0.519. The Labute approximate surface area is 60.6 Å². The number of hydrogen-bond acceptors (Lipinski definition) is 3. The first-order chi connectivity index (χ1) is 4.81. The molecule has 3 nitrogen and oxygen atoms in total. The fourth-order valence-electron chi connectivity index (χ4n) is 0.378. The van der Waals surface area contributed by atoms with Gasteiger partial charge >= 0.3 is 0 Å². The summed E-state index contributed by atoms with van der Waals surface area (Å²) in [5.41, 5.74) is 0. The fraction of sp³-hybridized carbons (Fsp3) is 0.714. The van der Waals surface area contributed by atoms with Gasteiger partial charge in [-0.2, -0.15) is 0 Å². The molecule has 0 aliphatic carbocycles. The van der Waals surface area contributed by atoms with Crippen LogP contribution in [0.25, 0.3) is 0 Å². The Morgan fingerprint density at radius 2 is 2.20 bits per heavy atom. The van der Waals surface area contributed by atoms with Crippen LogP contribution in [0.1, 0.15) is 6.42 Å². The van der Waals surface area contributed by atoms with Gasteiger partial charge in [0.25, 0.3) is 0 Å². The van der Waals surface area contributed by atoms with Crippen LogP contribution in [0.15, 0.2) is 0 Å². The smallest absolute Gasteiger partial charge is 0.107 e. The summed E-state index contributed by atoms with van der Waals surface area (Å²) in [4.78, 5) is 0. The van der Waals surface area contributed by atoms with Crippen molar-refractivity contribution < 1.29 is 14.9 Å². The number of ether oxygens (including phenoxy) is 1. The summed E-state index contributed by atoms with van der Waals surface area (Å²) in [6, 6.07) is 0. The number of aliphatic hydroxyl groups is 2. The zero-order valence-corrected chi connectivity index (χ0v) is 6.00. The van der Waals surface area contributed by atoms with Crippen molar-refractivity contribution in [3.8, 4) is 11.8 Å². The third kappa shape index (κ3) is 5.57. The summed E-state index contributed by atoms with van der Waals surface area (Å²) in [5, 5.41) is 17.1. The van der Waals surface area contributed by atoms with Crippen LogP contribution in [0.4, 0.5) is 0 Å². The molecule has 1 atom stereocenters. The van der Waals surface area contributed by atoms with E-state index in [1.807, 2.05) is 0 Å². The lowest BCUT2D eigenvalue weighted by atomic mass is 10.3. The molecule has 0 spiro atoms. The first-order valence-electron chi connectivity index (χ1n) is 3.04. The van der Waals surface area contributed by atoms with Gasteiger partial charge in [-0.1, -0.05) is 11.8 Å². The number of aliphatic hydroxyl groups excluding tert-OH is 2. The molecule has 0 rings (SSSR count). The molecular formula is C7H12O3. The maximum Gasteiger partial charge on any atom is 0.107 e. The van der Waals surface area contributed by atoms with Crippen LogP contribution in [-0.2, 0) is 4.74 Å². The van der Waals surface area contributed by atoms with Crippen LogP contribution < -0.4 is 0 Å². The maximum atomic E-state index is 8.76. The summed E-state index contributed by atoms with van der Waals surface area (Å²) in [7, 11) is 1.55. The monoisotopic (exact) mass is 144 g/mol. The minimum atomic E-state index is -0.718. The normalized spacial score (nSPS) is 11.9. The SMILES string of the molecule is COCC#CCC(O)CO. The van der Waals surface area contributed by atoms with Crippen molar-refractivity contribution in [1.82, 2.24) is 0 Å². The molecule has 0 radical (unpaired) electrons. The molecular weight excluding hydrogens is 132 g/mol. The van der Waals surface area contributed by atoms with Crippen molar-refractivity contribution in [3.63, 3.8) is 0 Å². The molecule has 0 aliphatic rings. The molecule has 0 aromatic rings. The topological polar surface area (TPSA) is 49.7 Å². The molecule has 0 aliphatic heterocycles. The number of methoxy groups -OCH3 is 1. The predicted octanol–water partition coefficient (Wildman–Crippen LogP) is -0.620. The van der Waals surface area contributed by atoms with Crippen LogP contribution in [-0.4, -0.2) is 36.6 Å². The Kier molecular flexibility index (Phi) is 6.19. The highest BCUT2D eigenvalue weighted by molar-refractivity contribution is 5.00. The van der Waals surface area contributed by atoms with E-state index in [0.29, 0.717) is 13.0 Å². The van der Waals surface area contributed by atoms with Crippen LogP contribution in [0.5, 0.6) is 0 Å². The molecule has 0 saturated carbocycles. The highest BCUT2D eigenvalue weighted by Crippen LogP contribution is 1.85. The molecule has 0 amide bonds. The van der Waals surface area contributed by atoms with E-state index in [0.717, 1.165) is 0 Å². The van der Waals surface area contributed by atoms with E-state index < -0.39 is 6.10 Å². The van der Waals surface area contributed by atoms with Crippen LogP contribution >= 0.6 is 0 Å². The van der Waals surface area contributed by atoms with E-state index in [4.69, 9.17) is 10.2 Å². The molecule has 0 aromatic heterocycles. The fourth-order valence-corrected chi connectivity index (χ4v) is 0.378. The third-order valence-corrected chi connectivity index (χ3v) is 0.890. The minimum absolute atomic E-state index is 0.234. The Morgan fingerprint density at radius 1 is 1.50 bits per heavy atom. The zero-order valence-electron chi connectivity index (χ0n) is 6.00. The van der Waals surface area contributed by atoms with E-state index in [2.05, 4.69) is 16.6 Å². The largest absolute Gasteiger partial charge is 0.394 e. The lowest BCUT2D eigenvalue weighted by Crippen LogP contribution is -2.09. The molecule has 0 saturated heterocycles. The number of rotatable bonds is 3. The van der Waals surface area contributed by atoms with Gasteiger partial charge in [-0.05, 0) is 0 Å². The van der Waals surface area contributed by atoms with Gasteiger partial charge in [0, 0.05) is 13.5 Å². The van der Waals surface area contributed by atoms with Crippen LogP contribution in [0.3, 0.4) is 0 Å². The average Bonchev–Trinajstić information content (AvgIpc) is 1.98. The molecule has 0 fully saturated rings. The van der Waals surface area contributed by atoms with Gasteiger partial charge in [0.1, 0.15) is 6.61 Å². The van der Waals surface area contributed by atoms with Crippen molar-refractivity contribution >= 4 is 0 Å². The standard InChI is InChI=1S/C7H12O3/c1-10-5-3-2-4-7(9)6-8/h7-9H,4-6H2,1H3. The van der Waals surface area contributed by atoms with Crippen molar-refractivity contribution in [2.24, 2.45) is 0 Å². The highest BCUT2D eigenvalue weighted by Gasteiger charge is 1.95. The second-order valence-electron chi connectivity index (χ2n) is 1.83. The van der Waals surface area contributed by atoms with Crippen LogP contribution in [0.2, 0.25) is 0 Å². The lowest BCUT2D eigenvalue weighted by Gasteiger charge is -1.98. The van der Waals surface area contributed by atoms with E-state index in [1.54, 1.807) is 7.11 Å². The summed E-state index contributed by atoms with van der Waals surface area (Å²) in [5.74, 6) is 5.31. The predicted molar refractivity (Wildman–Crippen MR) is 37.4 cm³/mol. The first-order valence-corrected chi connectivity index (χ1v) is 3.04. The van der Waals surface area contributed by atoms with Gasteiger partial charge in [-0.15, -0.1) is 0 Å². The molecule has 58 valence electrons. The number of hydrogen-bond donors (Lipinski definition) is 2. The van der Waals surface area contributed by atoms with Gasteiger partial charge in [0.15, 0.2) is 0 Å². The van der Waals surface area contributed by atoms with Crippen molar-refractivity contribution in [2.45, 2.75) is 12.5 Å². The second-order valence-corrected chi connectivity index (χ2v) is 1.83. The molecule has 0 aromatic carbocycles. The summed E-state index contributed by atoms with van der Waals surface area (Å²) >= 11 is 0. The van der Waals surface area contributed by atoms with E-state index in [-0.39, 0.29) is 6.61 Å². The van der Waals surface area contributed by atoms with Gasteiger partial charge in [0.2, 0.25) is 0 Å². The summed E-state index contributed by atoms with van der Waals surface area (Å²) in [6.45, 7) is 0.139. The Morgan fingerprint density at radius 3 is 2.70 bits per heavy atom. The highest BCUT2D eigenvalue weighted by atomic mass is 16.5. The average molecular weight is 144 g/mol. The Bertz CT molecular complexity index is 123. The molecule has 0 bridgehead atoms.